The summed E-state index contributed by atoms with van der Waals surface area (Å²) in [6.07, 6.45) is 2.04. The number of pyridine rings is 1. The average Bonchev–Trinajstić information content (AvgIpc) is 2.73. The molecule has 0 amide bonds. The summed E-state index contributed by atoms with van der Waals surface area (Å²) >= 11 is 3.31. The Morgan fingerprint density at radius 1 is 1.14 bits per heavy atom. The van der Waals surface area contributed by atoms with Crippen molar-refractivity contribution in [2.75, 3.05) is 24.8 Å². The van der Waals surface area contributed by atoms with Gasteiger partial charge in [-0.05, 0) is 36.6 Å². The smallest absolute Gasteiger partial charge is 0.228 e. The number of fused-ring (bicyclic) bond motifs is 2. The van der Waals surface area contributed by atoms with Crippen molar-refractivity contribution in [2.24, 2.45) is 0 Å². The van der Waals surface area contributed by atoms with Gasteiger partial charge in [0.2, 0.25) is 5.88 Å². The molecule has 0 saturated carbocycles. The van der Waals surface area contributed by atoms with Crippen molar-refractivity contribution in [2.45, 2.75) is 15.0 Å². The van der Waals surface area contributed by atoms with Gasteiger partial charge in [0.05, 0.1) is 23.6 Å². The fraction of sp³-hybridized carbons (Fsp3) is 0.143. The number of anilines is 2. The van der Waals surface area contributed by atoms with Crippen LogP contribution in [0, 0.1) is 11.3 Å². The van der Waals surface area contributed by atoms with Gasteiger partial charge in [-0.15, -0.1) is 23.5 Å². The minimum Gasteiger partial charge on any atom is -0.497 e. The van der Waals surface area contributed by atoms with Crippen molar-refractivity contribution < 1.29 is 9.47 Å². The van der Waals surface area contributed by atoms with Crippen LogP contribution in [0.2, 0.25) is 0 Å². The van der Waals surface area contributed by atoms with Gasteiger partial charge in [-0.3, -0.25) is 0 Å². The first-order valence-corrected chi connectivity index (χ1v) is 10.8. The monoisotopic (exact) mass is 422 g/mol. The molecular formula is C21H18N4O2S2. The fourth-order valence-electron chi connectivity index (χ4n) is 3.18. The van der Waals surface area contributed by atoms with E-state index in [1.807, 2.05) is 24.5 Å². The number of nitriles is 1. The van der Waals surface area contributed by atoms with Gasteiger partial charge >= 0.3 is 0 Å². The van der Waals surface area contributed by atoms with E-state index in [0.29, 0.717) is 28.6 Å². The standard InChI is InChI=1S/C21H18N4O2S2/c1-26-11-3-8-14-16(9-11)27-21-17(18(23)15(10-22)20(24)25-21)19(14)29-13-6-4-12(28-2)5-7-13/h3-9,19H,1-2H3,(H4,23,24,25). The van der Waals surface area contributed by atoms with Gasteiger partial charge < -0.3 is 20.9 Å². The zero-order chi connectivity index (χ0) is 20.5. The molecule has 0 bridgehead atoms. The van der Waals surface area contributed by atoms with Crippen molar-refractivity contribution in [3.05, 3.63) is 59.2 Å². The van der Waals surface area contributed by atoms with Crippen LogP contribution in [0.4, 0.5) is 11.5 Å². The van der Waals surface area contributed by atoms with Crippen molar-refractivity contribution >= 4 is 35.0 Å². The van der Waals surface area contributed by atoms with E-state index in [1.54, 1.807) is 30.6 Å². The van der Waals surface area contributed by atoms with Crippen LogP contribution < -0.4 is 20.9 Å². The summed E-state index contributed by atoms with van der Waals surface area (Å²) in [5.41, 5.74) is 14.4. The lowest BCUT2D eigenvalue weighted by atomic mass is 9.98. The second kappa shape index (κ2) is 7.78. The molecule has 1 aliphatic heterocycles. The lowest BCUT2D eigenvalue weighted by Crippen LogP contribution is -2.15. The summed E-state index contributed by atoms with van der Waals surface area (Å²) in [6.45, 7) is 0. The van der Waals surface area contributed by atoms with E-state index in [-0.39, 0.29) is 16.6 Å². The van der Waals surface area contributed by atoms with E-state index in [9.17, 15) is 5.26 Å². The summed E-state index contributed by atoms with van der Waals surface area (Å²) in [6, 6.07) is 16.0. The summed E-state index contributed by atoms with van der Waals surface area (Å²) < 4.78 is 11.3. The highest BCUT2D eigenvalue weighted by Gasteiger charge is 2.33. The first kappa shape index (κ1) is 19.3. The highest BCUT2D eigenvalue weighted by molar-refractivity contribution is 8.00. The van der Waals surface area contributed by atoms with Crippen LogP contribution >= 0.6 is 23.5 Å². The summed E-state index contributed by atoms with van der Waals surface area (Å²) in [7, 11) is 1.60. The molecule has 0 spiro atoms. The van der Waals surface area contributed by atoms with Gasteiger partial charge in [-0.25, -0.2) is 0 Å². The molecule has 0 radical (unpaired) electrons. The zero-order valence-corrected chi connectivity index (χ0v) is 17.4. The molecule has 0 fully saturated rings. The molecule has 4 N–H and O–H groups in total. The highest BCUT2D eigenvalue weighted by atomic mass is 32.2. The number of nitrogens with zero attached hydrogens (tertiary/aromatic N) is 2. The molecule has 1 aromatic heterocycles. The Morgan fingerprint density at radius 3 is 2.52 bits per heavy atom. The number of nitrogen functional groups attached to an aromatic ring is 2. The number of benzene rings is 2. The average molecular weight is 423 g/mol. The lowest BCUT2D eigenvalue weighted by Gasteiger charge is -2.29. The van der Waals surface area contributed by atoms with Gasteiger partial charge in [-0.2, -0.15) is 10.2 Å². The predicted octanol–water partition coefficient (Wildman–Crippen LogP) is 4.84. The van der Waals surface area contributed by atoms with Crippen LogP contribution in [-0.2, 0) is 0 Å². The number of thioether (sulfide) groups is 2. The molecule has 1 atom stereocenters. The second-order valence-corrected chi connectivity index (χ2v) is 8.35. The van der Waals surface area contributed by atoms with Crippen LogP contribution in [-0.4, -0.2) is 18.3 Å². The Kier molecular flexibility index (Phi) is 5.18. The Balaban J connectivity index is 1.87. The molecule has 8 heteroatoms. The maximum Gasteiger partial charge on any atom is 0.228 e. The minimum atomic E-state index is -0.208. The van der Waals surface area contributed by atoms with Gasteiger partial charge in [-0.1, -0.05) is 6.07 Å². The van der Waals surface area contributed by atoms with E-state index < -0.39 is 0 Å². The Bertz CT molecular complexity index is 1130. The number of hydrogen-bond acceptors (Lipinski definition) is 8. The SMILES string of the molecule is COc1ccc2c(c1)Oc1nc(N)c(C#N)c(N)c1C2Sc1ccc(SC)cc1. The van der Waals surface area contributed by atoms with E-state index in [2.05, 4.69) is 35.3 Å². The topological polar surface area (TPSA) is 107 Å². The van der Waals surface area contributed by atoms with E-state index in [0.717, 1.165) is 10.5 Å². The molecule has 1 unspecified atom stereocenters. The first-order chi connectivity index (χ1) is 14.0. The molecule has 0 aliphatic carbocycles. The van der Waals surface area contributed by atoms with E-state index >= 15 is 0 Å². The molecular weight excluding hydrogens is 404 g/mol. The van der Waals surface area contributed by atoms with Crippen molar-refractivity contribution in [1.29, 1.82) is 5.26 Å². The molecule has 29 heavy (non-hydrogen) atoms. The van der Waals surface area contributed by atoms with Crippen LogP contribution in [0.3, 0.4) is 0 Å². The fourth-order valence-corrected chi connectivity index (χ4v) is 4.82. The van der Waals surface area contributed by atoms with Gasteiger partial charge in [0.1, 0.15) is 28.9 Å². The largest absolute Gasteiger partial charge is 0.497 e. The van der Waals surface area contributed by atoms with E-state index in [4.69, 9.17) is 20.9 Å². The molecule has 2 aromatic carbocycles. The van der Waals surface area contributed by atoms with Crippen LogP contribution in [0.25, 0.3) is 0 Å². The summed E-state index contributed by atoms with van der Waals surface area (Å²) in [5, 5.41) is 9.27. The number of rotatable bonds is 4. The number of nitrogens with two attached hydrogens (primary N) is 2. The first-order valence-electron chi connectivity index (χ1n) is 8.71. The molecule has 3 aromatic rings. The normalized spacial score (nSPS) is 14.3. The van der Waals surface area contributed by atoms with Gasteiger partial charge in [0.15, 0.2) is 0 Å². The van der Waals surface area contributed by atoms with Crippen LogP contribution in [0.5, 0.6) is 17.4 Å². The Hall–Kier alpha value is -3.02. The molecule has 2 heterocycles. The lowest BCUT2D eigenvalue weighted by molar-refractivity contribution is 0.402. The predicted molar refractivity (Wildman–Crippen MR) is 117 cm³/mol. The van der Waals surface area contributed by atoms with Gasteiger partial charge in [0.25, 0.3) is 0 Å². The summed E-state index contributed by atoms with van der Waals surface area (Å²) in [5.74, 6) is 1.68. The number of aromatic nitrogens is 1. The third-order valence-electron chi connectivity index (χ3n) is 4.67. The molecule has 0 saturated heterocycles. The number of methoxy groups -OCH3 is 1. The van der Waals surface area contributed by atoms with Crippen molar-refractivity contribution in [3.63, 3.8) is 0 Å². The minimum absolute atomic E-state index is 0.0585. The van der Waals surface area contributed by atoms with Crippen molar-refractivity contribution in [1.82, 2.24) is 4.98 Å². The molecule has 4 rings (SSSR count). The molecule has 146 valence electrons. The van der Waals surface area contributed by atoms with Crippen LogP contribution in [0.1, 0.15) is 21.9 Å². The second-order valence-electron chi connectivity index (χ2n) is 6.30. The van der Waals surface area contributed by atoms with Crippen LogP contribution in [0.15, 0.2) is 52.3 Å². The number of hydrogen-bond donors (Lipinski definition) is 2. The van der Waals surface area contributed by atoms with Gasteiger partial charge in [0, 0.05) is 21.4 Å². The zero-order valence-electron chi connectivity index (χ0n) is 15.8. The third-order valence-corrected chi connectivity index (χ3v) is 6.68. The highest BCUT2D eigenvalue weighted by Crippen LogP contribution is 2.54. The maximum atomic E-state index is 9.48. The van der Waals surface area contributed by atoms with E-state index in [1.165, 1.54) is 4.90 Å². The third kappa shape index (κ3) is 3.43. The Morgan fingerprint density at radius 2 is 1.86 bits per heavy atom. The Labute approximate surface area is 177 Å². The molecule has 1 aliphatic rings. The molecule has 6 nitrogen and oxygen atoms in total. The summed E-state index contributed by atoms with van der Waals surface area (Å²) in [4.78, 5) is 6.57. The van der Waals surface area contributed by atoms with Crippen molar-refractivity contribution in [3.8, 4) is 23.4 Å². The number of ether oxygens (including phenoxy) is 2. The maximum absolute atomic E-state index is 9.48. The quantitative estimate of drug-likeness (QED) is 0.575.